The fraction of sp³-hybridized carbons (Fsp3) is 0.812. The topological polar surface area (TPSA) is 69.1 Å². The second-order valence-corrected chi connectivity index (χ2v) is 5.50. The third-order valence-corrected chi connectivity index (χ3v) is 3.74. The van der Waals surface area contributed by atoms with Gasteiger partial charge in [0.1, 0.15) is 5.82 Å². The lowest BCUT2D eigenvalue weighted by Crippen LogP contribution is -1.91. The summed E-state index contributed by atoms with van der Waals surface area (Å²) in [6.45, 7) is 2.06. The molecule has 20 heavy (non-hydrogen) atoms. The van der Waals surface area contributed by atoms with Gasteiger partial charge in [0, 0.05) is 6.42 Å². The molecule has 1 aromatic heterocycles. The molecule has 4 nitrogen and oxygen atoms in total. The molecule has 0 unspecified atom stereocenters. The van der Waals surface area contributed by atoms with E-state index in [4.69, 9.17) is 10.2 Å². The van der Waals surface area contributed by atoms with Crippen molar-refractivity contribution in [2.45, 2.75) is 84.3 Å². The molecule has 0 spiro atoms. The van der Waals surface area contributed by atoms with Crippen molar-refractivity contribution in [3.8, 4) is 0 Å². The Kier molecular flexibility index (Phi) is 9.33. The monoisotopic (exact) mass is 282 g/mol. The van der Waals surface area contributed by atoms with Gasteiger partial charge in [-0.05, 0) is 6.42 Å². The van der Waals surface area contributed by atoms with Crippen molar-refractivity contribution in [2.24, 2.45) is 0 Å². The molecule has 0 aliphatic heterocycles. The van der Waals surface area contributed by atoms with Gasteiger partial charge in [-0.25, -0.2) is 4.98 Å². The van der Waals surface area contributed by atoms with E-state index in [9.17, 15) is 0 Å². The van der Waals surface area contributed by atoms with Crippen LogP contribution in [0.2, 0.25) is 0 Å². The summed E-state index contributed by atoms with van der Waals surface area (Å²) >= 11 is 0. The maximum absolute atomic E-state index is 9.11. The summed E-state index contributed by atoms with van der Waals surface area (Å²) in [5.74, 6) is 0.890. The number of nitrogens with zero attached hydrogens (tertiary/aromatic N) is 1. The van der Waals surface area contributed by atoms with E-state index in [1.54, 1.807) is 0 Å². The standard InChI is InChI=1S/C16H30N2O2/c1-2-3-4-5-6-7-8-9-10-11-16-17-14(12-19)15(13-20)18-16/h19-20H,2-13H2,1H3,(H,17,18). The van der Waals surface area contributed by atoms with E-state index >= 15 is 0 Å². The molecule has 0 amide bonds. The first-order chi connectivity index (χ1) is 9.81. The highest BCUT2D eigenvalue weighted by Gasteiger charge is 2.07. The number of rotatable bonds is 12. The van der Waals surface area contributed by atoms with E-state index in [0.717, 1.165) is 18.7 Å². The van der Waals surface area contributed by atoms with Gasteiger partial charge in [-0.2, -0.15) is 0 Å². The minimum absolute atomic E-state index is 0.0827. The van der Waals surface area contributed by atoms with Crippen molar-refractivity contribution in [1.82, 2.24) is 9.97 Å². The number of aliphatic hydroxyl groups is 2. The Hall–Kier alpha value is -0.870. The molecule has 4 heteroatoms. The Morgan fingerprint density at radius 3 is 1.95 bits per heavy atom. The fourth-order valence-corrected chi connectivity index (χ4v) is 2.49. The lowest BCUT2D eigenvalue weighted by Gasteiger charge is -2.01. The largest absolute Gasteiger partial charge is 0.390 e. The van der Waals surface area contributed by atoms with Crippen LogP contribution in [0, 0.1) is 0 Å². The van der Waals surface area contributed by atoms with Crippen molar-refractivity contribution in [2.75, 3.05) is 0 Å². The average Bonchev–Trinajstić information content (AvgIpc) is 2.88. The molecule has 0 atom stereocenters. The summed E-state index contributed by atoms with van der Waals surface area (Å²) in [6.07, 6.45) is 12.7. The molecule has 116 valence electrons. The molecule has 0 saturated heterocycles. The second kappa shape index (κ2) is 10.9. The zero-order chi connectivity index (χ0) is 14.6. The first-order valence-electron chi connectivity index (χ1n) is 8.10. The van der Waals surface area contributed by atoms with E-state index in [2.05, 4.69) is 16.9 Å². The minimum Gasteiger partial charge on any atom is -0.390 e. The summed E-state index contributed by atoms with van der Waals surface area (Å²) in [7, 11) is 0. The summed E-state index contributed by atoms with van der Waals surface area (Å²) in [5.41, 5.74) is 1.23. The molecule has 0 radical (unpaired) electrons. The van der Waals surface area contributed by atoms with Gasteiger partial charge >= 0.3 is 0 Å². The molecule has 1 rings (SSSR count). The van der Waals surface area contributed by atoms with Crippen LogP contribution in [0.4, 0.5) is 0 Å². The van der Waals surface area contributed by atoms with Crippen molar-refractivity contribution < 1.29 is 10.2 Å². The molecule has 0 aliphatic carbocycles. The maximum Gasteiger partial charge on any atom is 0.106 e. The van der Waals surface area contributed by atoms with Gasteiger partial charge in [0.2, 0.25) is 0 Å². The van der Waals surface area contributed by atoms with Gasteiger partial charge in [-0.15, -0.1) is 0 Å². The van der Waals surface area contributed by atoms with Crippen molar-refractivity contribution in [3.05, 3.63) is 17.2 Å². The van der Waals surface area contributed by atoms with E-state index in [1.165, 1.54) is 51.4 Å². The SMILES string of the molecule is CCCCCCCCCCCc1nc(CO)c(CO)[nH]1. The van der Waals surface area contributed by atoms with Gasteiger partial charge in [0.25, 0.3) is 0 Å². The van der Waals surface area contributed by atoms with E-state index in [0.29, 0.717) is 11.4 Å². The van der Waals surface area contributed by atoms with Gasteiger partial charge in [0.15, 0.2) is 0 Å². The van der Waals surface area contributed by atoms with Gasteiger partial charge in [-0.1, -0.05) is 58.3 Å². The van der Waals surface area contributed by atoms with Crippen molar-refractivity contribution in [1.29, 1.82) is 0 Å². The predicted molar refractivity (Wildman–Crippen MR) is 81.4 cm³/mol. The number of H-pyrrole nitrogens is 1. The molecule has 0 saturated carbocycles. The van der Waals surface area contributed by atoms with Crippen molar-refractivity contribution in [3.63, 3.8) is 0 Å². The summed E-state index contributed by atoms with van der Waals surface area (Å²) in [6, 6.07) is 0. The predicted octanol–water partition coefficient (Wildman–Crippen LogP) is 3.47. The number of aromatic amines is 1. The van der Waals surface area contributed by atoms with Crippen LogP contribution in [0.15, 0.2) is 0 Å². The number of hydrogen-bond acceptors (Lipinski definition) is 3. The summed E-state index contributed by atoms with van der Waals surface area (Å²) in [5, 5.41) is 18.2. The number of aryl methyl sites for hydroxylation is 1. The molecule has 0 bridgehead atoms. The van der Waals surface area contributed by atoms with Crippen LogP contribution in [0.25, 0.3) is 0 Å². The highest BCUT2D eigenvalue weighted by Crippen LogP contribution is 2.12. The molecule has 1 heterocycles. The molecule has 3 N–H and O–H groups in total. The van der Waals surface area contributed by atoms with E-state index < -0.39 is 0 Å². The number of aliphatic hydroxyl groups excluding tert-OH is 2. The van der Waals surface area contributed by atoms with Crippen LogP contribution in [-0.4, -0.2) is 20.2 Å². The number of aromatic nitrogens is 2. The normalized spacial score (nSPS) is 11.2. The minimum atomic E-state index is -0.107. The fourth-order valence-electron chi connectivity index (χ4n) is 2.49. The number of nitrogens with one attached hydrogen (secondary N) is 1. The Balaban J connectivity index is 2.05. The first-order valence-corrected chi connectivity index (χ1v) is 8.10. The Morgan fingerprint density at radius 1 is 0.850 bits per heavy atom. The molecule has 1 aromatic rings. The third kappa shape index (κ3) is 6.53. The zero-order valence-electron chi connectivity index (χ0n) is 12.8. The summed E-state index contributed by atoms with van der Waals surface area (Å²) in [4.78, 5) is 7.39. The number of imidazole rings is 1. The average molecular weight is 282 g/mol. The lowest BCUT2D eigenvalue weighted by molar-refractivity contribution is 0.255. The van der Waals surface area contributed by atoms with Crippen molar-refractivity contribution >= 4 is 0 Å². The molecular formula is C16H30N2O2. The summed E-state index contributed by atoms with van der Waals surface area (Å²) < 4.78 is 0. The van der Waals surface area contributed by atoms with Gasteiger partial charge < -0.3 is 15.2 Å². The second-order valence-electron chi connectivity index (χ2n) is 5.50. The van der Waals surface area contributed by atoms with Crippen LogP contribution in [-0.2, 0) is 19.6 Å². The van der Waals surface area contributed by atoms with Crippen LogP contribution < -0.4 is 0 Å². The van der Waals surface area contributed by atoms with Crippen LogP contribution >= 0.6 is 0 Å². The Labute approximate surface area is 122 Å². The number of unbranched alkanes of at least 4 members (excludes halogenated alkanes) is 8. The highest BCUT2D eigenvalue weighted by atomic mass is 16.3. The van der Waals surface area contributed by atoms with Gasteiger partial charge in [0.05, 0.1) is 24.6 Å². The molecular weight excluding hydrogens is 252 g/mol. The van der Waals surface area contributed by atoms with Crippen LogP contribution in [0.3, 0.4) is 0 Å². The quantitative estimate of drug-likeness (QED) is 0.514. The van der Waals surface area contributed by atoms with E-state index in [1.807, 2.05) is 0 Å². The smallest absolute Gasteiger partial charge is 0.106 e. The third-order valence-electron chi connectivity index (χ3n) is 3.74. The van der Waals surface area contributed by atoms with E-state index in [-0.39, 0.29) is 13.2 Å². The highest BCUT2D eigenvalue weighted by molar-refractivity contribution is 5.13. The molecule has 0 aromatic carbocycles. The molecule has 0 aliphatic rings. The lowest BCUT2D eigenvalue weighted by atomic mass is 10.1. The Bertz CT molecular complexity index is 329. The zero-order valence-corrected chi connectivity index (χ0v) is 12.8. The molecule has 0 fully saturated rings. The first kappa shape index (κ1) is 17.2. The van der Waals surface area contributed by atoms with Crippen LogP contribution in [0.1, 0.15) is 81.9 Å². The Morgan fingerprint density at radius 2 is 1.45 bits per heavy atom. The maximum atomic E-state index is 9.11. The number of hydrogen-bond donors (Lipinski definition) is 3. The van der Waals surface area contributed by atoms with Gasteiger partial charge in [-0.3, -0.25) is 0 Å². The van der Waals surface area contributed by atoms with Crippen LogP contribution in [0.5, 0.6) is 0 Å².